The highest BCUT2D eigenvalue weighted by molar-refractivity contribution is 5.36. The van der Waals surface area contributed by atoms with Gasteiger partial charge >= 0.3 is 0 Å². The van der Waals surface area contributed by atoms with E-state index in [4.69, 9.17) is 0 Å². The van der Waals surface area contributed by atoms with Gasteiger partial charge in [-0.2, -0.15) is 4.99 Å². The van der Waals surface area contributed by atoms with Crippen molar-refractivity contribution in [2.24, 2.45) is 4.99 Å². The Morgan fingerprint density at radius 1 is 1.57 bits per heavy atom. The van der Waals surface area contributed by atoms with Crippen LogP contribution in [-0.4, -0.2) is 6.08 Å². The number of halogens is 1. The van der Waals surface area contributed by atoms with E-state index in [9.17, 15) is 9.18 Å². The van der Waals surface area contributed by atoms with Crippen molar-refractivity contribution in [2.45, 2.75) is 26.3 Å². The second-order valence-electron chi connectivity index (χ2n) is 3.15. The van der Waals surface area contributed by atoms with Gasteiger partial charge in [-0.05, 0) is 30.5 Å². The lowest BCUT2D eigenvalue weighted by Crippen LogP contribution is -1.95. The number of aryl methyl sites for hydroxylation is 1. The monoisotopic (exact) mass is 193 g/mol. The van der Waals surface area contributed by atoms with Gasteiger partial charge in [0.25, 0.3) is 0 Å². The van der Waals surface area contributed by atoms with Crippen molar-refractivity contribution in [3.63, 3.8) is 0 Å². The van der Waals surface area contributed by atoms with Crippen molar-refractivity contribution in [3.05, 3.63) is 35.1 Å². The molecule has 0 spiro atoms. The van der Waals surface area contributed by atoms with E-state index < -0.39 is 0 Å². The van der Waals surface area contributed by atoms with Gasteiger partial charge in [-0.15, -0.1) is 0 Å². The quantitative estimate of drug-likeness (QED) is 0.536. The summed E-state index contributed by atoms with van der Waals surface area (Å²) >= 11 is 0. The normalized spacial score (nSPS) is 11.9. The molecular weight excluding hydrogens is 181 g/mol. The molecule has 0 aliphatic heterocycles. The van der Waals surface area contributed by atoms with Crippen molar-refractivity contribution in [1.82, 2.24) is 0 Å². The van der Waals surface area contributed by atoms with E-state index in [1.54, 1.807) is 19.1 Å². The Labute approximate surface area is 82.5 Å². The summed E-state index contributed by atoms with van der Waals surface area (Å²) in [5.74, 6) is -0.262. The maximum absolute atomic E-state index is 13.2. The first-order valence-electron chi connectivity index (χ1n) is 4.52. The van der Waals surface area contributed by atoms with Crippen LogP contribution in [0.1, 0.15) is 30.5 Å². The van der Waals surface area contributed by atoms with Gasteiger partial charge in [-0.3, -0.25) is 0 Å². The molecule has 0 N–H and O–H groups in total. The van der Waals surface area contributed by atoms with Crippen LogP contribution in [0.25, 0.3) is 0 Å². The number of rotatable bonds is 3. The summed E-state index contributed by atoms with van der Waals surface area (Å²) in [5.41, 5.74) is 1.32. The number of aliphatic imine (C=N–C) groups is 1. The highest BCUT2D eigenvalue weighted by Gasteiger charge is 2.09. The SMILES string of the molecule is CCC(N=C=O)c1ccc(C)c(F)c1. The summed E-state index contributed by atoms with van der Waals surface area (Å²) in [7, 11) is 0. The summed E-state index contributed by atoms with van der Waals surface area (Å²) < 4.78 is 13.2. The second-order valence-corrected chi connectivity index (χ2v) is 3.15. The molecule has 14 heavy (non-hydrogen) atoms. The van der Waals surface area contributed by atoms with Crippen molar-refractivity contribution in [1.29, 1.82) is 0 Å². The smallest absolute Gasteiger partial charge is 0.211 e. The molecule has 0 amide bonds. The van der Waals surface area contributed by atoms with Crippen LogP contribution in [-0.2, 0) is 4.79 Å². The Balaban J connectivity index is 3.05. The lowest BCUT2D eigenvalue weighted by Gasteiger charge is -2.08. The maximum atomic E-state index is 13.2. The van der Waals surface area contributed by atoms with Gasteiger partial charge in [0.1, 0.15) is 5.82 Å². The number of benzene rings is 1. The molecule has 0 heterocycles. The first-order chi connectivity index (χ1) is 6.69. The minimum Gasteiger partial charge on any atom is -0.211 e. The number of isocyanates is 1. The highest BCUT2D eigenvalue weighted by Crippen LogP contribution is 2.22. The number of hydrogen-bond donors (Lipinski definition) is 0. The molecule has 1 rings (SSSR count). The number of nitrogens with zero attached hydrogens (tertiary/aromatic N) is 1. The lowest BCUT2D eigenvalue weighted by molar-refractivity contribution is 0.554. The van der Waals surface area contributed by atoms with Crippen molar-refractivity contribution < 1.29 is 9.18 Å². The summed E-state index contributed by atoms with van der Waals surface area (Å²) in [5, 5.41) is 0. The van der Waals surface area contributed by atoms with Crippen LogP contribution in [0.5, 0.6) is 0 Å². The summed E-state index contributed by atoms with van der Waals surface area (Å²) in [6.45, 7) is 3.59. The molecule has 0 aliphatic carbocycles. The molecule has 0 saturated carbocycles. The van der Waals surface area contributed by atoms with Crippen molar-refractivity contribution in [2.75, 3.05) is 0 Å². The van der Waals surface area contributed by atoms with Crippen LogP contribution in [0, 0.1) is 12.7 Å². The van der Waals surface area contributed by atoms with Crippen molar-refractivity contribution in [3.8, 4) is 0 Å². The molecule has 1 aromatic rings. The van der Waals surface area contributed by atoms with Crippen LogP contribution >= 0.6 is 0 Å². The fourth-order valence-electron chi connectivity index (χ4n) is 1.28. The molecule has 1 unspecified atom stereocenters. The molecule has 74 valence electrons. The Morgan fingerprint density at radius 3 is 2.79 bits per heavy atom. The van der Waals surface area contributed by atoms with Gasteiger partial charge in [-0.1, -0.05) is 19.1 Å². The van der Waals surface area contributed by atoms with Gasteiger partial charge in [0.2, 0.25) is 6.08 Å². The minimum absolute atomic E-state index is 0.262. The Morgan fingerprint density at radius 2 is 2.29 bits per heavy atom. The molecule has 0 aromatic heterocycles. The Kier molecular flexibility index (Phi) is 3.55. The largest absolute Gasteiger partial charge is 0.235 e. The van der Waals surface area contributed by atoms with Gasteiger partial charge in [-0.25, -0.2) is 9.18 Å². The first kappa shape index (κ1) is 10.6. The van der Waals surface area contributed by atoms with Crippen LogP contribution in [0.2, 0.25) is 0 Å². The molecule has 2 nitrogen and oxygen atoms in total. The predicted molar refractivity (Wildman–Crippen MR) is 52.3 cm³/mol. The van der Waals surface area contributed by atoms with E-state index >= 15 is 0 Å². The molecule has 0 saturated heterocycles. The van der Waals surface area contributed by atoms with E-state index in [0.717, 1.165) is 5.56 Å². The predicted octanol–water partition coefficient (Wildman–Crippen LogP) is 2.92. The van der Waals surface area contributed by atoms with E-state index in [2.05, 4.69) is 4.99 Å². The Bertz CT molecular complexity index is 370. The van der Waals surface area contributed by atoms with Crippen LogP contribution in [0.4, 0.5) is 4.39 Å². The molecule has 0 fully saturated rings. The first-order valence-corrected chi connectivity index (χ1v) is 4.52. The third-order valence-electron chi connectivity index (χ3n) is 2.18. The van der Waals surface area contributed by atoms with E-state index in [-0.39, 0.29) is 11.9 Å². The maximum Gasteiger partial charge on any atom is 0.235 e. The number of hydrogen-bond acceptors (Lipinski definition) is 2. The Hall–Kier alpha value is -1.47. The van der Waals surface area contributed by atoms with E-state index in [0.29, 0.717) is 12.0 Å². The average Bonchev–Trinajstić information content (AvgIpc) is 2.19. The topological polar surface area (TPSA) is 29.4 Å². The summed E-state index contributed by atoms with van der Waals surface area (Å²) in [4.78, 5) is 13.7. The van der Waals surface area contributed by atoms with Crippen LogP contribution < -0.4 is 0 Å². The fourth-order valence-corrected chi connectivity index (χ4v) is 1.28. The second kappa shape index (κ2) is 4.68. The zero-order chi connectivity index (χ0) is 10.6. The molecule has 1 aromatic carbocycles. The molecule has 0 aliphatic rings. The molecule has 0 radical (unpaired) electrons. The minimum atomic E-state index is -0.275. The summed E-state index contributed by atoms with van der Waals surface area (Å²) in [6.07, 6.45) is 2.17. The lowest BCUT2D eigenvalue weighted by atomic mass is 10.0. The third kappa shape index (κ3) is 2.27. The van der Waals surface area contributed by atoms with Gasteiger partial charge in [0, 0.05) is 0 Å². The van der Waals surface area contributed by atoms with Gasteiger partial charge < -0.3 is 0 Å². The van der Waals surface area contributed by atoms with Gasteiger partial charge in [0.05, 0.1) is 6.04 Å². The van der Waals surface area contributed by atoms with Crippen LogP contribution in [0.3, 0.4) is 0 Å². The zero-order valence-corrected chi connectivity index (χ0v) is 8.25. The molecule has 0 bridgehead atoms. The number of carbonyl (C=O) groups excluding carboxylic acids is 1. The molecule has 3 heteroatoms. The zero-order valence-electron chi connectivity index (χ0n) is 8.25. The van der Waals surface area contributed by atoms with Gasteiger partial charge in [0.15, 0.2) is 0 Å². The molecular formula is C11H12FNO. The van der Waals surface area contributed by atoms with Crippen molar-refractivity contribution >= 4 is 6.08 Å². The third-order valence-corrected chi connectivity index (χ3v) is 2.18. The van der Waals surface area contributed by atoms with E-state index in [1.165, 1.54) is 12.1 Å². The summed E-state index contributed by atoms with van der Waals surface area (Å²) in [6, 6.07) is 4.62. The average molecular weight is 193 g/mol. The fraction of sp³-hybridized carbons (Fsp3) is 0.364. The standard InChI is InChI=1S/C11H12FNO/c1-3-11(13-7-14)9-5-4-8(2)10(12)6-9/h4-6,11H,3H2,1-2H3. The highest BCUT2D eigenvalue weighted by atomic mass is 19.1. The molecule has 1 atom stereocenters. The van der Waals surface area contributed by atoms with E-state index in [1.807, 2.05) is 6.92 Å². The van der Waals surface area contributed by atoms with Crippen LogP contribution in [0.15, 0.2) is 23.2 Å².